The van der Waals surface area contributed by atoms with Crippen LogP contribution in [-0.2, 0) is 16.6 Å². The van der Waals surface area contributed by atoms with Gasteiger partial charge in [-0.2, -0.15) is 0 Å². The summed E-state index contributed by atoms with van der Waals surface area (Å²) in [5, 5.41) is 24.9. The Hall–Kier alpha value is -3.09. The highest BCUT2D eigenvalue weighted by Gasteiger charge is 2.54. The van der Waals surface area contributed by atoms with E-state index in [4.69, 9.17) is 16.3 Å². The molecule has 0 unspecified atom stereocenters. The quantitative estimate of drug-likeness (QED) is 0.250. The third-order valence-corrected chi connectivity index (χ3v) is 10.5. The van der Waals surface area contributed by atoms with Crippen molar-refractivity contribution in [1.29, 1.82) is 0 Å². The van der Waals surface area contributed by atoms with Crippen molar-refractivity contribution in [3.05, 3.63) is 88.2 Å². The molecule has 1 aromatic heterocycles. The average molecular weight is 589 g/mol. The number of aliphatic hydroxyl groups excluding tert-OH is 1. The Labute approximate surface area is 253 Å². The van der Waals surface area contributed by atoms with E-state index < -0.39 is 17.6 Å². The minimum atomic E-state index is -1.02. The number of aliphatic hydroxyl groups is 1. The van der Waals surface area contributed by atoms with Gasteiger partial charge in [-0.05, 0) is 110 Å². The van der Waals surface area contributed by atoms with Gasteiger partial charge in [0, 0.05) is 22.5 Å². The summed E-state index contributed by atoms with van der Waals surface area (Å²) in [7, 11) is 0. The Morgan fingerprint density at radius 2 is 1.90 bits per heavy atom. The molecule has 7 heteroatoms. The normalized spacial score (nSPS) is 29.0. The Morgan fingerprint density at radius 1 is 1.12 bits per heavy atom. The smallest absolute Gasteiger partial charge is 0.329 e. The first-order chi connectivity index (χ1) is 20.2. The number of fused-ring (bicyclic) bond motifs is 3. The van der Waals surface area contributed by atoms with Gasteiger partial charge in [-0.15, -0.1) is 0 Å². The zero-order chi connectivity index (χ0) is 29.5. The van der Waals surface area contributed by atoms with Crippen LogP contribution in [0.3, 0.4) is 0 Å². The predicted molar refractivity (Wildman–Crippen MR) is 165 cm³/mol. The number of ether oxygens (including phenoxy) is 1. The largest absolute Gasteiger partial charge is 0.493 e. The highest BCUT2D eigenvalue weighted by molar-refractivity contribution is 6.30. The van der Waals surface area contributed by atoms with Gasteiger partial charge in [0.1, 0.15) is 11.3 Å². The first kappa shape index (κ1) is 29.0. The van der Waals surface area contributed by atoms with Crippen LogP contribution < -0.4 is 10.1 Å². The number of anilines is 1. The van der Waals surface area contributed by atoms with Crippen LogP contribution in [0.4, 0.5) is 5.69 Å². The molecule has 0 bridgehead atoms. The topological polar surface area (TPSA) is 91.7 Å². The van der Waals surface area contributed by atoms with E-state index in [9.17, 15) is 15.0 Å². The minimum Gasteiger partial charge on any atom is -0.493 e. The van der Waals surface area contributed by atoms with Gasteiger partial charge in [0.05, 0.1) is 18.4 Å². The number of halogens is 1. The summed E-state index contributed by atoms with van der Waals surface area (Å²) in [5.74, 6) is 1.08. The maximum atomic E-state index is 12.7. The molecule has 0 saturated heterocycles. The van der Waals surface area contributed by atoms with Crippen LogP contribution in [0.2, 0.25) is 5.02 Å². The summed E-state index contributed by atoms with van der Waals surface area (Å²) in [4.78, 5) is 17.2. The molecule has 42 heavy (non-hydrogen) atoms. The molecular formula is C35H41ClN2O4. The number of hydrogen-bond acceptors (Lipinski definition) is 5. The molecule has 1 fully saturated rings. The molecule has 6 nitrogen and oxygen atoms in total. The van der Waals surface area contributed by atoms with E-state index in [2.05, 4.69) is 48.4 Å². The van der Waals surface area contributed by atoms with Crippen molar-refractivity contribution >= 4 is 23.3 Å². The molecule has 222 valence electrons. The van der Waals surface area contributed by atoms with Crippen molar-refractivity contribution in [2.24, 2.45) is 11.8 Å². The third-order valence-electron chi connectivity index (χ3n) is 10.3. The number of aliphatic carboxylic acids is 1. The van der Waals surface area contributed by atoms with E-state index in [0.29, 0.717) is 42.2 Å². The summed E-state index contributed by atoms with van der Waals surface area (Å²) in [5.41, 5.74) is 4.29. The standard InChI is InChI=1S/C35H41ClN2O4/c1-22(21-42-30-12-17-37-32-29(39)11-10-23(2)31(30)32)18-25-19-24-6-3-4-9-28(24)34(25)13-15-35(16-14-34,33(40)41)38-27-8-5-7-26(36)20-27/h3-9,12,17,20,22-23,25,29,38-39H,10-11,13-16,18-19,21H2,1-2H3,(H,40,41)/t22-,23-,25+,29-,34?,35?/m1/s1. The molecule has 4 atom stereocenters. The first-order valence-corrected chi connectivity index (χ1v) is 15.7. The minimum absolute atomic E-state index is 0.0473. The Balaban J connectivity index is 1.19. The average Bonchev–Trinajstić information content (AvgIpc) is 3.27. The number of carboxylic acid groups (broad SMARTS) is 1. The third kappa shape index (κ3) is 5.28. The number of rotatable bonds is 8. The monoisotopic (exact) mass is 588 g/mol. The van der Waals surface area contributed by atoms with E-state index in [1.165, 1.54) is 11.1 Å². The van der Waals surface area contributed by atoms with Crippen LogP contribution in [0.15, 0.2) is 60.8 Å². The highest BCUT2D eigenvalue weighted by Crippen LogP contribution is 2.56. The molecule has 0 radical (unpaired) electrons. The van der Waals surface area contributed by atoms with E-state index in [1.807, 2.05) is 18.2 Å². The van der Waals surface area contributed by atoms with Crippen molar-refractivity contribution in [2.75, 3.05) is 11.9 Å². The number of aromatic nitrogens is 1. The summed E-state index contributed by atoms with van der Waals surface area (Å²) in [6.07, 6.45) is 7.63. The molecule has 1 saturated carbocycles. The van der Waals surface area contributed by atoms with Crippen LogP contribution >= 0.6 is 11.6 Å². The van der Waals surface area contributed by atoms with E-state index >= 15 is 0 Å². The van der Waals surface area contributed by atoms with Crippen LogP contribution in [0.25, 0.3) is 0 Å². The highest BCUT2D eigenvalue weighted by atomic mass is 35.5. The number of carbonyl (C=O) groups is 1. The zero-order valence-electron chi connectivity index (χ0n) is 24.5. The molecule has 3 aliphatic carbocycles. The number of pyridine rings is 1. The van der Waals surface area contributed by atoms with Gasteiger partial charge < -0.3 is 20.3 Å². The van der Waals surface area contributed by atoms with Crippen LogP contribution in [-0.4, -0.2) is 33.3 Å². The molecule has 3 N–H and O–H groups in total. The molecular weight excluding hydrogens is 548 g/mol. The first-order valence-electron chi connectivity index (χ1n) is 15.4. The molecule has 1 heterocycles. The van der Waals surface area contributed by atoms with E-state index in [-0.39, 0.29) is 5.41 Å². The Morgan fingerprint density at radius 3 is 2.67 bits per heavy atom. The van der Waals surface area contributed by atoms with Gasteiger partial charge in [0.25, 0.3) is 0 Å². The Kier molecular flexibility index (Phi) is 7.97. The van der Waals surface area contributed by atoms with Crippen LogP contribution in [0, 0.1) is 11.8 Å². The maximum absolute atomic E-state index is 12.7. The maximum Gasteiger partial charge on any atom is 0.329 e. The fraction of sp³-hybridized carbons (Fsp3) is 0.486. The molecule has 1 spiro atoms. The lowest BCUT2D eigenvalue weighted by Gasteiger charge is -2.47. The number of hydrogen-bond donors (Lipinski definition) is 3. The second-order valence-electron chi connectivity index (χ2n) is 13.0. The van der Waals surface area contributed by atoms with Crippen LogP contribution in [0.5, 0.6) is 5.75 Å². The number of nitrogens with one attached hydrogen (secondary N) is 1. The van der Waals surface area contributed by atoms with Gasteiger partial charge in [-0.3, -0.25) is 4.98 Å². The fourth-order valence-corrected chi connectivity index (χ4v) is 8.23. The number of carboxylic acids is 1. The lowest BCUT2D eigenvalue weighted by molar-refractivity contribution is -0.144. The second-order valence-corrected chi connectivity index (χ2v) is 13.4. The van der Waals surface area contributed by atoms with Crippen LogP contribution in [0.1, 0.15) is 93.2 Å². The lowest BCUT2D eigenvalue weighted by atomic mass is 9.59. The van der Waals surface area contributed by atoms with Crippen molar-refractivity contribution in [3.63, 3.8) is 0 Å². The Bertz CT molecular complexity index is 1450. The van der Waals surface area contributed by atoms with Crippen molar-refractivity contribution in [3.8, 4) is 5.75 Å². The molecule has 3 aromatic rings. The van der Waals surface area contributed by atoms with E-state index in [0.717, 1.165) is 61.2 Å². The number of nitrogens with zero attached hydrogens (tertiary/aromatic N) is 1. The predicted octanol–water partition coefficient (Wildman–Crippen LogP) is 7.69. The van der Waals surface area contributed by atoms with Crippen molar-refractivity contribution in [1.82, 2.24) is 4.98 Å². The van der Waals surface area contributed by atoms with Crippen molar-refractivity contribution < 1.29 is 19.7 Å². The van der Waals surface area contributed by atoms with Gasteiger partial charge in [0.2, 0.25) is 0 Å². The molecule has 3 aliphatic rings. The summed E-state index contributed by atoms with van der Waals surface area (Å²) >= 11 is 6.21. The molecule has 2 aromatic carbocycles. The van der Waals surface area contributed by atoms with Gasteiger partial charge in [-0.25, -0.2) is 4.79 Å². The summed E-state index contributed by atoms with van der Waals surface area (Å²) < 4.78 is 6.44. The fourth-order valence-electron chi connectivity index (χ4n) is 8.04. The van der Waals surface area contributed by atoms with Gasteiger partial charge >= 0.3 is 5.97 Å². The second kappa shape index (κ2) is 11.5. The van der Waals surface area contributed by atoms with Crippen molar-refractivity contribution in [2.45, 2.75) is 88.2 Å². The zero-order valence-corrected chi connectivity index (χ0v) is 25.2. The van der Waals surface area contributed by atoms with Gasteiger partial charge in [-0.1, -0.05) is 55.8 Å². The number of benzene rings is 2. The van der Waals surface area contributed by atoms with Gasteiger partial charge in [0.15, 0.2) is 0 Å². The summed E-state index contributed by atoms with van der Waals surface area (Å²) in [6, 6.07) is 18.0. The molecule has 0 amide bonds. The SMILES string of the molecule is C[C@@H](COc1ccnc2c1[C@H](C)CC[C@H]2O)C[C@H]1Cc2ccccc2C12CCC(Nc1cccc(Cl)c1)(C(=O)O)CC2. The van der Waals surface area contributed by atoms with E-state index in [1.54, 1.807) is 18.3 Å². The lowest BCUT2D eigenvalue weighted by Crippen LogP contribution is -2.53. The summed E-state index contributed by atoms with van der Waals surface area (Å²) in [6.45, 7) is 5.04. The molecule has 6 rings (SSSR count). The molecule has 0 aliphatic heterocycles.